The van der Waals surface area contributed by atoms with Gasteiger partial charge in [-0.15, -0.1) is 0 Å². The lowest BCUT2D eigenvalue weighted by Crippen LogP contribution is -2.62. The zero-order valence-electron chi connectivity index (χ0n) is 55.5. The summed E-state index contributed by atoms with van der Waals surface area (Å²) >= 11 is 0. The van der Waals surface area contributed by atoms with Gasteiger partial charge in [-0.25, -0.2) is 4.79 Å². The van der Waals surface area contributed by atoms with Crippen molar-refractivity contribution in [2.24, 2.45) is 35.0 Å². The van der Waals surface area contributed by atoms with Gasteiger partial charge in [0, 0.05) is 68.3 Å². The minimum Gasteiger partial charge on any atom is -0.506 e. The van der Waals surface area contributed by atoms with E-state index in [1.54, 1.807) is 60.0 Å². The van der Waals surface area contributed by atoms with Crippen LogP contribution in [0.4, 0.5) is 5.69 Å². The number of cyclic esters (lactones) is 1. The monoisotopic (exact) mass is 1250 g/mol. The number of aliphatic hydroxyl groups is 4. The van der Waals surface area contributed by atoms with E-state index >= 15 is 0 Å². The molecule has 0 amide bonds. The number of carbonyl (C=O) groups excluding carboxylic acids is 4. The van der Waals surface area contributed by atoms with Gasteiger partial charge in [-0.05, 0) is 140 Å². The highest BCUT2D eigenvalue weighted by atomic mass is 16.7. The summed E-state index contributed by atoms with van der Waals surface area (Å²) in [6, 6.07) is 2.18. The number of aliphatic hydroxyl groups excluding tert-OH is 2. The van der Waals surface area contributed by atoms with E-state index in [-0.39, 0.29) is 91.9 Å². The summed E-state index contributed by atoms with van der Waals surface area (Å²) < 4.78 is 57.4. The van der Waals surface area contributed by atoms with Crippen LogP contribution in [0.2, 0.25) is 0 Å². The first kappa shape index (κ1) is 72.5. The topological polar surface area (TPSA) is 293 Å². The van der Waals surface area contributed by atoms with Crippen molar-refractivity contribution in [3.63, 3.8) is 0 Å². The van der Waals surface area contributed by atoms with Gasteiger partial charge in [0.25, 0.3) is 0 Å². The van der Waals surface area contributed by atoms with Gasteiger partial charge in [-0.1, -0.05) is 34.6 Å². The normalized spacial score (nSPS) is 35.4. The highest BCUT2D eigenvalue weighted by Gasteiger charge is 2.56. The lowest BCUT2D eigenvalue weighted by atomic mass is 9.68. The maximum absolute atomic E-state index is 15.0. The van der Waals surface area contributed by atoms with Crippen molar-refractivity contribution >= 4 is 40.5 Å². The van der Waals surface area contributed by atoms with Gasteiger partial charge < -0.3 is 87.8 Å². The molecule has 0 bridgehead atoms. The van der Waals surface area contributed by atoms with Gasteiger partial charge in [-0.2, -0.15) is 0 Å². The van der Waals surface area contributed by atoms with Gasteiger partial charge in [0.2, 0.25) is 12.2 Å². The van der Waals surface area contributed by atoms with Crippen molar-refractivity contribution < 1.29 is 87.3 Å². The number of nitrogens with one attached hydrogen (secondary N) is 1. The number of benzene rings is 1. The van der Waals surface area contributed by atoms with Gasteiger partial charge in [0.05, 0.1) is 84.2 Å². The Kier molecular flexibility index (Phi) is 24.6. The Balaban J connectivity index is 1.20. The lowest BCUT2D eigenvalue weighted by Gasteiger charge is -2.52. The minimum atomic E-state index is -1.87. The summed E-state index contributed by atoms with van der Waals surface area (Å²) in [4.78, 5) is 71.9. The Morgan fingerprint density at radius 2 is 1.61 bits per heavy atom. The van der Waals surface area contributed by atoms with Crippen molar-refractivity contribution in [1.29, 1.82) is 0 Å². The third-order valence-corrected chi connectivity index (χ3v) is 19.0. The zero-order valence-corrected chi connectivity index (χ0v) is 55.5. The number of phenols is 1. The average Bonchev–Trinajstić information content (AvgIpc) is 1.68. The van der Waals surface area contributed by atoms with E-state index in [9.17, 15) is 49.5 Å². The molecule has 1 saturated carbocycles. The summed E-state index contributed by atoms with van der Waals surface area (Å²) in [5, 5.41) is 63.1. The number of hydrogen-bond acceptors (Lipinski definition) is 22. The maximum atomic E-state index is 15.0. The molecule has 3 saturated heterocycles. The highest BCUT2D eigenvalue weighted by Crippen LogP contribution is 2.47. The molecule has 19 atom stereocenters. The Hall–Kier alpha value is -4.53. The van der Waals surface area contributed by atoms with E-state index in [2.05, 4.69) is 10.2 Å². The summed E-state index contributed by atoms with van der Waals surface area (Å²) in [5.41, 5.74) is -5.76. The Bertz CT molecular complexity index is 2750. The molecule has 6 unspecified atom stereocenters. The van der Waals surface area contributed by atoms with Gasteiger partial charge >= 0.3 is 23.9 Å². The van der Waals surface area contributed by atoms with Gasteiger partial charge in [0.1, 0.15) is 34.7 Å². The van der Waals surface area contributed by atoms with E-state index in [4.69, 9.17) is 42.6 Å². The summed E-state index contributed by atoms with van der Waals surface area (Å²) in [5.74, 6) is -6.21. The fourth-order valence-corrected chi connectivity index (χ4v) is 13.8. The van der Waals surface area contributed by atoms with Crippen LogP contribution in [0.3, 0.4) is 0 Å². The van der Waals surface area contributed by atoms with Crippen molar-refractivity contribution in [1.82, 2.24) is 14.4 Å². The average molecular weight is 1250 g/mol. The number of nitrogens with zero attached hydrogens (tertiary/aromatic N) is 3. The summed E-state index contributed by atoms with van der Waals surface area (Å²) in [6.07, 6.45) is -3.82. The fourth-order valence-electron chi connectivity index (χ4n) is 13.8. The molecule has 1 aromatic carbocycles. The molecular formula is C65H106N4O19. The maximum Gasteiger partial charge on any atom is 0.346 e. The first-order chi connectivity index (χ1) is 41.0. The number of phenolic OH excluding ortho intramolecular Hbond substituents is 1. The van der Waals surface area contributed by atoms with Crippen LogP contribution < -0.4 is 10.7 Å². The smallest absolute Gasteiger partial charge is 0.346 e. The standard InChI is InChI=1S/C65H106N4O19/c1-19-47(70)53-46(67(15)16)27-36(4)84-60(53)88-56-37(5)52(38(6)58(75)86-50(20-2)65(14,79)55(74)39(7)68(17)32-35(3)30-63(56,12)78)49-31-64(13,80-18)57(40(8)85-49)87-51(72)23-25-81-26-24-66-44-28-42-45(29-48(44)71)69(41-21-22-41)33-43(54(42)73)59(76)82-34-83-61(77)62(9,10)11/h28-29,33,35-41,46-47,49-50,52-53,55-57,60,66,70-71,74,78-79H,19-27,30-32,34H2,1-18H3/t35-,36-,37+,38?,39?,40+,46?,47?,49?,50-,52+,53?,55-,56-,57+,60+,63-,64-,65-/m1/s1. The number of methoxy groups -OCH3 is 1. The molecule has 4 heterocycles. The van der Waals surface area contributed by atoms with E-state index in [0.717, 1.165) is 12.8 Å². The number of ether oxygens (including phenoxy) is 9. The van der Waals surface area contributed by atoms with Crippen LogP contribution >= 0.6 is 0 Å². The number of carbonyl (C=O) groups is 4. The molecule has 1 aromatic heterocycles. The largest absolute Gasteiger partial charge is 0.506 e. The van der Waals surface area contributed by atoms with Crippen LogP contribution in [0.15, 0.2) is 23.1 Å². The molecule has 3 aliphatic heterocycles. The second-order valence-electron chi connectivity index (χ2n) is 27.7. The first-order valence-corrected chi connectivity index (χ1v) is 31.7. The molecule has 6 N–H and O–H groups in total. The molecule has 88 heavy (non-hydrogen) atoms. The third-order valence-electron chi connectivity index (χ3n) is 19.0. The SMILES string of the molecule is CCC(O)C1C(N(C)C)C[C@@H](C)O[C@H]1O[C@@H]1[C@@H](C)[C@H](C2C[C@@](C)(OC)[C@@H](OC(=O)CCOCCNc3cc4c(=O)c(C(=O)OCOC(=O)C(C)(C)C)cn(C5CC5)c4cc3O)[C@H](C)O2)C(C)C(=O)O[C@H](CC)[C@@](C)(O)[C@H](O)C(C)N(C)C[C@H](C)C[C@@]1(C)O. The van der Waals surface area contributed by atoms with Gasteiger partial charge in [-0.3, -0.25) is 19.2 Å². The zero-order chi connectivity index (χ0) is 65.7. The first-order valence-electron chi connectivity index (χ1n) is 31.7. The predicted octanol–water partition coefficient (Wildman–Crippen LogP) is 6.33. The highest BCUT2D eigenvalue weighted by molar-refractivity contribution is 5.95. The number of aromatic hydroxyl groups is 1. The van der Waals surface area contributed by atoms with E-state index in [0.29, 0.717) is 24.9 Å². The third kappa shape index (κ3) is 16.9. The van der Waals surface area contributed by atoms with Crippen molar-refractivity contribution in [2.45, 2.75) is 238 Å². The molecule has 2 aromatic rings. The van der Waals surface area contributed by atoms with Crippen LogP contribution in [-0.2, 0) is 57.0 Å². The number of aromatic nitrogens is 1. The number of likely N-dealkylation sites (N-methyl/N-ethyl adjacent to an activating group) is 1. The Morgan fingerprint density at radius 3 is 2.22 bits per heavy atom. The Morgan fingerprint density at radius 1 is 0.943 bits per heavy atom. The number of esters is 4. The molecule has 23 nitrogen and oxygen atoms in total. The molecule has 4 aliphatic rings. The second-order valence-corrected chi connectivity index (χ2v) is 27.7. The summed E-state index contributed by atoms with van der Waals surface area (Å²) in [7, 11) is 7.28. The molecular weight excluding hydrogens is 1140 g/mol. The van der Waals surface area contributed by atoms with Crippen molar-refractivity contribution in [2.75, 3.05) is 66.7 Å². The van der Waals surface area contributed by atoms with Crippen molar-refractivity contribution in [3.8, 4) is 5.75 Å². The number of pyridine rings is 1. The van der Waals surface area contributed by atoms with E-state index < -0.39 is 137 Å². The Labute approximate surface area is 520 Å². The quantitative estimate of drug-likeness (QED) is 0.0277. The van der Waals surface area contributed by atoms with E-state index in [1.165, 1.54) is 32.4 Å². The fraction of sp³-hybridized carbons (Fsp3) is 0.800. The predicted molar refractivity (Wildman–Crippen MR) is 328 cm³/mol. The minimum absolute atomic E-state index is 0.00674. The number of anilines is 1. The van der Waals surface area contributed by atoms with E-state index in [1.807, 2.05) is 60.7 Å². The molecule has 500 valence electrons. The van der Waals surface area contributed by atoms with Crippen LogP contribution in [0.25, 0.3) is 10.9 Å². The van der Waals surface area contributed by atoms with Crippen LogP contribution in [0.5, 0.6) is 5.75 Å². The molecule has 4 fully saturated rings. The number of hydrogen-bond donors (Lipinski definition) is 6. The molecule has 1 aliphatic carbocycles. The second kappa shape index (κ2) is 29.8. The van der Waals surface area contributed by atoms with Crippen LogP contribution in [-0.4, -0.2) is 209 Å². The van der Waals surface area contributed by atoms with Crippen LogP contribution in [0, 0.1) is 35.0 Å². The van der Waals surface area contributed by atoms with Crippen LogP contribution in [0.1, 0.15) is 165 Å². The molecule has 0 radical (unpaired) electrons. The number of rotatable bonds is 20. The summed E-state index contributed by atoms with van der Waals surface area (Å²) in [6.45, 7) is 24.7. The van der Waals surface area contributed by atoms with Gasteiger partial charge in [0.15, 0.2) is 12.4 Å². The molecule has 6 rings (SSSR count). The molecule has 0 spiro atoms. The molecule has 23 heteroatoms. The number of fused-ring (bicyclic) bond motifs is 1. The van der Waals surface area contributed by atoms with Crippen molar-refractivity contribution in [3.05, 3.63) is 34.1 Å². The lowest BCUT2D eigenvalue weighted by molar-refractivity contribution is -0.301.